The van der Waals surface area contributed by atoms with E-state index in [4.69, 9.17) is 9.47 Å². The highest BCUT2D eigenvalue weighted by atomic mass is 32.2. The largest absolute Gasteiger partial charge is 0.497 e. The molecule has 36 heavy (non-hydrogen) atoms. The number of amides is 1. The van der Waals surface area contributed by atoms with Gasteiger partial charge >= 0.3 is 0 Å². The second kappa shape index (κ2) is 11.5. The Bertz CT molecular complexity index is 1270. The number of methoxy groups -OCH3 is 1. The third-order valence-corrected chi connectivity index (χ3v) is 7.86. The number of aryl methyl sites for hydroxylation is 1. The second-order valence-electron chi connectivity index (χ2n) is 9.06. The Kier molecular flexibility index (Phi) is 8.15. The molecule has 0 radical (unpaired) electrons. The number of piperidine rings is 1. The number of nitrogens with zero attached hydrogens (tertiary/aromatic N) is 1. The molecule has 1 fully saturated rings. The Morgan fingerprint density at radius 2 is 1.69 bits per heavy atom. The lowest BCUT2D eigenvalue weighted by Gasteiger charge is -2.32. The van der Waals surface area contributed by atoms with E-state index in [1.807, 2.05) is 11.0 Å². The lowest BCUT2D eigenvalue weighted by molar-refractivity contribution is -0.134. The molecule has 7 nitrogen and oxygen atoms in total. The summed E-state index contributed by atoms with van der Waals surface area (Å²) in [5, 5.41) is 0. The number of carbonyl (C=O) groups is 1. The van der Waals surface area contributed by atoms with Crippen molar-refractivity contribution in [1.82, 2.24) is 4.90 Å². The number of likely N-dealkylation sites (tertiary alicyclic amines) is 1. The summed E-state index contributed by atoms with van der Waals surface area (Å²) >= 11 is 0. The molecule has 1 saturated heterocycles. The van der Waals surface area contributed by atoms with Gasteiger partial charge in [0.2, 0.25) is 0 Å². The first-order chi connectivity index (χ1) is 17.3. The van der Waals surface area contributed by atoms with E-state index >= 15 is 0 Å². The normalized spacial score (nSPS) is 14.3. The molecule has 1 aliphatic heterocycles. The zero-order chi connectivity index (χ0) is 25.5. The topological polar surface area (TPSA) is 84.9 Å². The monoisotopic (exact) mass is 508 g/mol. The number of ether oxygens (including phenoxy) is 2. The molecule has 0 aromatic heterocycles. The second-order valence-corrected chi connectivity index (χ2v) is 10.7. The van der Waals surface area contributed by atoms with Gasteiger partial charge in [0, 0.05) is 18.8 Å². The van der Waals surface area contributed by atoms with E-state index in [1.165, 1.54) is 11.6 Å². The van der Waals surface area contributed by atoms with Gasteiger partial charge in [-0.15, -0.1) is 0 Å². The molecular weight excluding hydrogens is 476 g/mol. The first-order valence-electron chi connectivity index (χ1n) is 12.1. The Morgan fingerprint density at radius 1 is 1.00 bits per heavy atom. The first kappa shape index (κ1) is 25.6. The highest BCUT2D eigenvalue weighted by Gasteiger charge is 2.23. The van der Waals surface area contributed by atoms with Crippen LogP contribution in [0.25, 0.3) is 0 Å². The fourth-order valence-corrected chi connectivity index (χ4v) is 5.53. The minimum atomic E-state index is -3.77. The lowest BCUT2D eigenvalue weighted by Crippen LogP contribution is -2.41. The highest BCUT2D eigenvalue weighted by molar-refractivity contribution is 7.92. The van der Waals surface area contributed by atoms with Crippen LogP contribution in [0.5, 0.6) is 11.5 Å². The minimum absolute atomic E-state index is 0.0505. The quantitative estimate of drug-likeness (QED) is 0.454. The van der Waals surface area contributed by atoms with Crippen LogP contribution in [0.15, 0.2) is 77.7 Å². The van der Waals surface area contributed by atoms with Crippen LogP contribution in [-0.4, -0.2) is 46.0 Å². The average Bonchev–Trinajstić information content (AvgIpc) is 2.89. The minimum Gasteiger partial charge on any atom is -0.497 e. The Balaban J connectivity index is 1.29. The van der Waals surface area contributed by atoms with Crippen LogP contribution in [0.4, 0.5) is 5.69 Å². The zero-order valence-electron chi connectivity index (χ0n) is 20.6. The van der Waals surface area contributed by atoms with Gasteiger partial charge in [0.05, 0.1) is 12.0 Å². The highest BCUT2D eigenvalue weighted by Crippen LogP contribution is 2.25. The van der Waals surface area contributed by atoms with Gasteiger partial charge in [-0.05, 0) is 85.7 Å². The summed E-state index contributed by atoms with van der Waals surface area (Å²) in [6.07, 6.45) is 3.00. The van der Waals surface area contributed by atoms with E-state index in [0.717, 1.165) is 32.4 Å². The number of benzene rings is 3. The maximum Gasteiger partial charge on any atom is 0.261 e. The molecule has 1 heterocycles. The molecule has 8 heteroatoms. The summed E-state index contributed by atoms with van der Waals surface area (Å²) in [6.45, 7) is 3.15. The predicted molar refractivity (Wildman–Crippen MR) is 140 cm³/mol. The van der Waals surface area contributed by atoms with Crippen molar-refractivity contribution >= 4 is 21.6 Å². The maximum absolute atomic E-state index is 12.8. The number of nitrogens with one attached hydrogen (secondary N) is 1. The average molecular weight is 509 g/mol. The van der Waals surface area contributed by atoms with Crippen LogP contribution in [0.3, 0.4) is 0 Å². The summed E-state index contributed by atoms with van der Waals surface area (Å²) in [5.74, 6) is 1.66. The molecule has 3 aromatic rings. The van der Waals surface area contributed by atoms with Crippen LogP contribution in [0.2, 0.25) is 0 Å². The van der Waals surface area contributed by atoms with E-state index in [1.54, 1.807) is 50.4 Å². The molecular formula is C28H32N2O5S. The Hall–Kier alpha value is -3.52. The number of sulfonamides is 1. The van der Waals surface area contributed by atoms with Crippen molar-refractivity contribution in [2.24, 2.45) is 5.92 Å². The van der Waals surface area contributed by atoms with Gasteiger partial charge in [-0.25, -0.2) is 8.42 Å². The number of hydrogen-bond acceptors (Lipinski definition) is 5. The molecule has 4 rings (SSSR count). The number of carbonyl (C=O) groups excluding carboxylic acids is 1. The molecule has 190 valence electrons. The van der Waals surface area contributed by atoms with E-state index in [9.17, 15) is 13.2 Å². The van der Waals surface area contributed by atoms with Crippen LogP contribution >= 0.6 is 0 Å². The SMILES string of the molecule is COc1ccc(NS(=O)(=O)c2ccc(OCC(=O)N3CCC(Cc4ccccc4)CC3)c(C)c2)cc1. The van der Waals surface area contributed by atoms with Gasteiger partial charge in [0.15, 0.2) is 6.61 Å². The fraction of sp³-hybridized carbons (Fsp3) is 0.321. The molecule has 1 N–H and O–H groups in total. The molecule has 0 atom stereocenters. The molecule has 0 aliphatic carbocycles. The molecule has 1 amide bonds. The van der Waals surface area contributed by atoms with Crippen molar-refractivity contribution < 1.29 is 22.7 Å². The Labute approximate surface area is 213 Å². The van der Waals surface area contributed by atoms with E-state index in [-0.39, 0.29) is 17.4 Å². The van der Waals surface area contributed by atoms with Crippen molar-refractivity contribution in [2.45, 2.75) is 31.1 Å². The third kappa shape index (κ3) is 6.57. The molecule has 0 spiro atoms. The maximum atomic E-state index is 12.8. The van der Waals surface area contributed by atoms with Crippen molar-refractivity contribution in [3.8, 4) is 11.5 Å². The van der Waals surface area contributed by atoms with E-state index in [0.29, 0.717) is 28.7 Å². The van der Waals surface area contributed by atoms with Gasteiger partial charge in [-0.3, -0.25) is 9.52 Å². The summed E-state index contributed by atoms with van der Waals surface area (Å²) in [6, 6.07) is 21.7. The molecule has 1 aliphatic rings. The Morgan fingerprint density at radius 3 is 2.33 bits per heavy atom. The van der Waals surface area contributed by atoms with Gasteiger partial charge < -0.3 is 14.4 Å². The standard InChI is InChI=1S/C28H32N2O5S/c1-21-18-26(36(32,33)29-24-8-10-25(34-2)11-9-24)12-13-27(21)35-20-28(31)30-16-14-23(15-17-30)19-22-6-4-3-5-7-22/h3-13,18,23,29H,14-17,19-20H2,1-2H3. The summed E-state index contributed by atoms with van der Waals surface area (Å²) in [5.41, 5.74) is 2.42. The van der Waals surface area contributed by atoms with Crippen molar-refractivity contribution in [2.75, 3.05) is 31.5 Å². The van der Waals surface area contributed by atoms with Gasteiger partial charge in [0.1, 0.15) is 11.5 Å². The number of hydrogen-bond donors (Lipinski definition) is 1. The van der Waals surface area contributed by atoms with Crippen LogP contribution < -0.4 is 14.2 Å². The van der Waals surface area contributed by atoms with Gasteiger partial charge in [0.25, 0.3) is 15.9 Å². The van der Waals surface area contributed by atoms with Crippen molar-refractivity contribution in [1.29, 1.82) is 0 Å². The first-order valence-corrected chi connectivity index (χ1v) is 13.5. The fourth-order valence-electron chi connectivity index (χ4n) is 4.39. The lowest BCUT2D eigenvalue weighted by atomic mass is 9.90. The van der Waals surface area contributed by atoms with E-state index < -0.39 is 10.0 Å². The van der Waals surface area contributed by atoms with Gasteiger partial charge in [-0.2, -0.15) is 0 Å². The van der Waals surface area contributed by atoms with Crippen molar-refractivity contribution in [3.63, 3.8) is 0 Å². The van der Waals surface area contributed by atoms with E-state index in [2.05, 4.69) is 29.0 Å². The number of anilines is 1. The molecule has 0 bridgehead atoms. The third-order valence-electron chi connectivity index (χ3n) is 6.48. The van der Waals surface area contributed by atoms with Crippen LogP contribution in [0, 0.1) is 12.8 Å². The summed E-state index contributed by atoms with van der Waals surface area (Å²) < 4.78 is 39.0. The van der Waals surface area contributed by atoms with Crippen LogP contribution in [-0.2, 0) is 21.2 Å². The predicted octanol–water partition coefficient (Wildman–Crippen LogP) is 4.66. The summed E-state index contributed by atoms with van der Waals surface area (Å²) in [4.78, 5) is 14.7. The zero-order valence-corrected chi connectivity index (χ0v) is 21.5. The molecule has 0 saturated carbocycles. The molecule has 0 unspecified atom stereocenters. The molecule has 3 aromatic carbocycles. The van der Waals surface area contributed by atoms with Gasteiger partial charge in [-0.1, -0.05) is 30.3 Å². The van der Waals surface area contributed by atoms with Crippen LogP contribution in [0.1, 0.15) is 24.0 Å². The number of rotatable bonds is 9. The smallest absolute Gasteiger partial charge is 0.261 e. The summed E-state index contributed by atoms with van der Waals surface area (Å²) in [7, 11) is -2.22. The van der Waals surface area contributed by atoms with Crippen molar-refractivity contribution in [3.05, 3.63) is 83.9 Å².